The van der Waals surface area contributed by atoms with Gasteiger partial charge in [-0.2, -0.15) is 0 Å². The normalized spacial score (nSPS) is 14.9. The maximum absolute atomic E-state index is 12.4. The zero-order valence-corrected chi connectivity index (χ0v) is 23.1. The second-order valence-electron chi connectivity index (χ2n) is 10.5. The molecule has 3 aromatic rings. The number of amides is 1. The number of rotatable bonds is 7. The zero-order chi connectivity index (χ0) is 27.5. The first-order chi connectivity index (χ1) is 18.0. The molecule has 0 spiro atoms. The van der Waals surface area contributed by atoms with Crippen LogP contribution in [0, 0.1) is 0 Å². The number of nitrogens with one attached hydrogen (secondary N) is 1. The molecule has 0 unspecified atom stereocenters. The smallest absolute Gasteiger partial charge is 0.285 e. The number of carbonyl (C=O) groups excluding carboxylic acids is 1. The predicted molar refractivity (Wildman–Crippen MR) is 149 cm³/mol. The fourth-order valence-electron chi connectivity index (χ4n) is 4.29. The number of nitrogens with zero attached hydrogens (tertiary/aromatic N) is 4. The fraction of sp³-hybridized carbons (Fsp3) is 0.393. The summed E-state index contributed by atoms with van der Waals surface area (Å²) in [5.74, 6) is 0.133. The molecule has 0 aliphatic carbocycles. The van der Waals surface area contributed by atoms with Crippen molar-refractivity contribution in [2.45, 2.75) is 45.4 Å². The van der Waals surface area contributed by atoms with Crippen LogP contribution in [0.5, 0.6) is 5.75 Å². The molecule has 0 radical (unpaired) electrons. The number of hydrogen-bond donors (Lipinski definition) is 2. The molecule has 1 amide bonds. The number of piperazine rings is 1. The molecule has 38 heavy (non-hydrogen) atoms. The lowest BCUT2D eigenvalue weighted by Gasteiger charge is -2.35. The van der Waals surface area contributed by atoms with E-state index in [0.717, 1.165) is 50.3 Å². The van der Waals surface area contributed by atoms with Gasteiger partial charge in [0.05, 0.1) is 4.75 Å². The number of sulfonamides is 1. The highest BCUT2D eigenvalue weighted by atomic mass is 32.2. The number of aromatic nitrogens is 2. The summed E-state index contributed by atoms with van der Waals surface area (Å²) in [6, 6.07) is 17.0. The Bertz CT molecular complexity index is 1390. The quantitative estimate of drug-likeness (QED) is 0.470. The van der Waals surface area contributed by atoms with E-state index in [1.807, 2.05) is 12.1 Å². The van der Waals surface area contributed by atoms with Crippen LogP contribution in [0.1, 0.15) is 49.3 Å². The summed E-state index contributed by atoms with van der Waals surface area (Å²) in [5.41, 5.74) is 4.64. The molecule has 2 heterocycles. The van der Waals surface area contributed by atoms with Crippen molar-refractivity contribution in [3.05, 3.63) is 71.4 Å². The second kappa shape index (κ2) is 11.1. The van der Waals surface area contributed by atoms with Crippen molar-refractivity contribution in [2.75, 3.05) is 31.1 Å². The van der Waals surface area contributed by atoms with Crippen LogP contribution in [0.2, 0.25) is 0 Å². The van der Waals surface area contributed by atoms with E-state index in [0.29, 0.717) is 5.82 Å². The largest absolute Gasteiger partial charge is 0.508 e. The Labute approximate surface area is 224 Å². The number of hydrogen-bond acceptors (Lipinski definition) is 8. The minimum absolute atomic E-state index is 0.0403. The zero-order valence-electron chi connectivity index (χ0n) is 22.3. The van der Waals surface area contributed by atoms with E-state index < -0.39 is 20.7 Å². The van der Waals surface area contributed by atoms with Gasteiger partial charge < -0.3 is 10.0 Å². The van der Waals surface area contributed by atoms with Crippen molar-refractivity contribution in [1.82, 2.24) is 19.8 Å². The van der Waals surface area contributed by atoms with Gasteiger partial charge in [-0.1, -0.05) is 37.3 Å². The van der Waals surface area contributed by atoms with Crippen LogP contribution in [0.25, 0.3) is 11.1 Å². The molecule has 1 aromatic heterocycles. The van der Waals surface area contributed by atoms with Crippen LogP contribution in [-0.4, -0.2) is 65.5 Å². The molecule has 1 aliphatic heterocycles. The van der Waals surface area contributed by atoms with E-state index in [2.05, 4.69) is 49.8 Å². The molecule has 9 nitrogen and oxygen atoms in total. The summed E-state index contributed by atoms with van der Waals surface area (Å²) in [5, 5.41) is 18.0. The van der Waals surface area contributed by atoms with Crippen molar-refractivity contribution >= 4 is 21.7 Å². The van der Waals surface area contributed by atoms with Crippen molar-refractivity contribution in [3.8, 4) is 16.9 Å². The third kappa shape index (κ3) is 6.31. The van der Waals surface area contributed by atoms with Crippen LogP contribution in [-0.2, 0) is 23.0 Å². The minimum Gasteiger partial charge on any atom is -0.508 e. The molecule has 2 aromatic carbocycles. The molecule has 0 bridgehead atoms. The van der Waals surface area contributed by atoms with E-state index in [4.69, 9.17) is 0 Å². The molecule has 202 valence electrons. The van der Waals surface area contributed by atoms with E-state index in [1.54, 1.807) is 18.2 Å². The first kappa shape index (κ1) is 27.5. The third-order valence-corrected chi connectivity index (χ3v) is 8.84. The topological polar surface area (TPSA) is 116 Å². The summed E-state index contributed by atoms with van der Waals surface area (Å²) < 4.78 is 25.4. The molecule has 1 fully saturated rings. The Morgan fingerprint density at radius 2 is 1.66 bits per heavy atom. The van der Waals surface area contributed by atoms with Gasteiger partial charge in [0.1, 0.15) is 5.75 Å². The van der Waals surface area contributed by atoms with Gasteiger partial charge in [-0.15, -0.1) is 10.2 Å². The van der Waals surface area contributed by atoms with E-state index in [1.165, 1.54) is 38.0 Å². The van der Waals surface area contributed by atoms with Crippen molar-refractivity contribution in [3.63, 3.8) is 0 Å². The van der Waals surface area contributed by atoms with Gasteiger partial charge in [0.15, 0.2) is 11.5 Å². The Kier molecular flexibility index (Phi) is 8.03. The molecular weight excluding hydrogens is 502 g/mol. The van der Waals surface area contributed by atoms with Crippen LogP contribution in [0.15, 0.2) is 54.6 Å². The SMILES string of the molecule is CCc1cc(-c2cccc(O)c2)ccc1CN1CCN(c2ccc(C(=O)NS(=O)(=O)C(C)(C)C)nn2)CC1. The molecule has 10 heteroatoms. The molecule has 4 rings (SSSR count). The van der Waals surface area contributed by atoms with Gasteiger partial charge >= 0.3 is 0 Å². The number of aryl methyl sites for hydroxylation is 1. The van der Waals surface area contributed by atoms with Crippen molar-refractivity contribution in [1.29, 1.82) is 0 Å². The summed E-state index contributed by atoms with van der Waals surface area (Å²) in [6.07, 6.45) is 0.925. The maximum Gasteiger partial charge on any atom is 0.285 e. The summed E-state index contributed by atoms with van der Waals surface area (Å²) in [6.45, 7) is 10.8. The van der Waals surface area contributed by atoms with Crippen molar-refractivity contribution < 1.29 is 18.3 Å². The summed E-state index contributed by atoms with van der Waals surface area (Å²) in [7, 11) is -3.82. The molecule has 2 N–H and O–H groups in total. The maximum atomic E-state index is 12.4. The van der Waals surface area contributed by atoms with E-state index in [9.17, 15) is 18.3 Å². The minimum atomic E-state index is -3.82. The number of phenolic OH excluding ortho intramolecular Hbond substituents is 1. The lowest BCUT2D eigenvalue weighted by Crippen LogP contribution is -2.46. The first-order valence-corrected chi connectivity index (χ1v) is 14.2. The number of aromatic hydroxyl groups is 1. The van der Waals surface area contributed by atoms with Gasteiger partial charge in [-0.25, -0.2) is 13.1 Å². The third-order valence-electron chi connectivity index (χ3n) is 6.77. The number of benzene rings is 2. The van der Waals surface area contributed by atoms with Gasteiger partial charge in [0.25, 0.3) is 5.91 Å². The highest BCUT2D eigenvalue weighted by Crippen LogP contribution is 2.27. The average molecular weight is 538 g/mol. The van der Waals surface area contributed by atoms with Crippen LogP contribution in [0.3, 0.4) is 0 Å². The standard InChI is InChI=1S/C28H35N5O4S/c1-5-20-17-22(21-7-6-8-24(34)18-21)9-10-23(20)19-32-13-15-33(16-14-32)26-12-11-25(29-30-26)27(35)31-38(36,37)28(2,3)4/h6-12,17-18,34H,5,13-16,19H2,1-4H3,(H,31,35). The van der Waals surface area contributed by atoms with Gasteiger partial charge in [-0.05, 0) is 73.7 Å². The first-order valence-electron chi connectivity index (χ1n) is 12.8. The van der Waals surface area contributed by atoms with Gasteiger partial charge in [0, 0.05) is 32.7 Å². The van der Waals surface area contributed by atoms with E-state index in [-0.39, 0.29) is 11.4 Å². The van der Waals surface area contributed by atoms with Crippen molar-refractivity contribution in [2.24, 2.45) is 0 Å². The highest BCUT2D eigenvalue weighted by molar-refractivity contribution is 7.91. The van der Waals surface area contributed by atoms with E-state index >= 15 is 0 Å². The predicted octanol–water partition coefficient (Wildman–Crippen LogP) is 3.59. The molecular formula is C28H35N5O4S. The lowest BCUT2D eigenvalue weighted by molar-refractivity contribution is 0.0974. The molecule has 0 saturated carbocycles. The Hall–Kier alpha value is -3.50. The molecule has 0 atom stereocenters. The average Bonchev–Trinajstić information content (AvgIpc) is 2.88. The Balaban J connectivity index is 1.35. The summed E-state index contributed by atoms with van der Waals surface area (Å²) >= 11 is 0. The molecule has 1 saturated heterocycles. The molecule has 1 aliphatic rings. The Morgan fingerprint density at radius 3 is 2.26 bits per heavy atom. The summed E-state index contributed by atoms with van der Waals surface area (Å²) in [4.78, 5) is 16.9. The number of phenols is 1. The monoisotopic (exact) mass is 537 g/mol. The van der Waals surface area contributed by atoms with Gasteiger partial charge in [0.2, 0.25) is 10.0 Å². The van der Waals surface area contributed by atoms with Crippen LogP contribution in [0.4, 0.5) is 5.82 Å². The lowest BCUT2D eigenvalue weighted by atomic mass is 9.97. The van der Waals surface area contributed by atoms with Gasteiger partial charge in [-0.3, -0.25) is 9.69 Å². The Morgan fingerprint density at radius 1 is 0.947 bits per heavy atom. The number of anilines is 1. The van der Waals surface area contributed by atoms with Crippen LogP contribution >= 0.6 is 0 Å². The van der Waals surface area contributed by atoms with Crippen LogP contribution < -0.4 is 9.62 Å². The highest BCUT2D eigenvalue weighted by Gasteiger charge is 2.31. The second-order valence-corrected chi connectivity index (χ2v) is 12.9. The number of carbonyl (C=O) groups is 1. The fourth-order valence-corrected chi connectivity index (χ4v) is 4.95.